The maximum absolute atomic E-state index is 14.2. The quantitative estimate of drug-likeness (QED) is 0.446. The number of imidazole rings is 1. The number of fused-ring (bicyclic) bond motifs is 1. The molecule has 164 valence electrons. The van der Waals surface area contributed by atoms with E-state index in [1.807, 2.05) is 35.9 Å². The summed E-state index contributed by atoms with van der Waals surface area (Å²) >= 11 is 0. The second kappa shape index (κ2) is 8.43. The molecule has 0 atom stereocenters. The highest BCUT2D eigenvalue weighted by Crippen LogP contribution is 2.24. The number of benzene rings is 2. The van der Waals surface area contributed by atoms with E-state index in [0.29, 0.717) is 11.4 Å². The standard InChI is InChI=1S/C23H20FN3O4S/c1-15-6-5-11-27-13-16(25-22(15)27)14-31-21-8-4-3-7-18(21)23(28)26-20-12-17(32(2,29)30)9-10-19(20)24/h3-13H,14H2,1-2H3,(H,26,28). The molecule has 2 heterocycles. The zero-order valence-electron chi connectivity index (χ0n) is 17.4. The average molecular weight is 453 g/mol. The van der Waals surface area contributed by atoms with Crippen molar-refractivity contribution < 1.29 is 22.3 Å². The highest BCUT2D eigenvalue weighted by atomic mass is 32.2. The smallest absolute Gasteiger partial charge is 0.259 e. The first-order valence-electron chi connectivity index (χ1n) is 9.68. The molecule has 7 nitrogen and oxygen atoms in total. The molecule has 0 saturated carbocycles. The minimum atomic E-state index is -3.56. The number of hydrogen-bond donors (Lipinski definition) is 1. The van der Waals surface area contributed by atoms with Gasteiger partial charge in [0.05, 0.1) is 21.8 Å². The minimum Gasteiger partial charge on any atom is -0.486 e. The fourth-order valence-electron chi connectivity index (χ4n) is 3.23. The number of sulfone groups is 1. The van der Waals surface area contributed by atoms with E-state index in [4.69, 9.17) is 4.74 Å². The summed E-state index contributed by atoms with van der Waals surface area (Å²) in [6.45, 7) is 2.09. The molecule has 4 rings (SSSR count). The SMILES string of the molecule is Cc1cccn2cc(COc3ccccc3C(=O)Nc3cc(S(C)(=O)=O)ccc3F)nc12. The van der Waals surface area contributed by atoms with Crippen LogP contribution in [0.25, 0.3) is 5.65 Å². The average Bonchev–Trinajstić information content (AvgIpc) is 3.18. The van der Waals surface area contributed by atoms with Crippen molar-refractivity contribution in [1.29, 1.82) is 0 Å². The molecule has 2 aromatic heterocycles. The maximum Gasteiger partial charge on any atom is 0.259 e. The van der Waals surface area contributed by atoms with Gasteiger partial charge >= 0.3 is 0 Å². The van der Waals surface area contributed by atoms with E-state index >= 15 is 0 Å². The number of rotatable bonds is 6. The van der Waals surface area contributed by atoms with Crippen LogP contribution in [-0.4, -0.2) is 30.0 Å². The molecule has 0 aliphatic carbocycles. The fourth-order valence-corrected chi connectivity index (χ4v) is 3.87. The Morgan fingerprint density at radius 3 is 2.69 bits per heavy atom. The third-order valence-corrected chi connectivity index (χ3v) is 5.96. The van der Waals surface area contributed by atoms with Gasteiger partial charge in [0.25, 0.3) is 5.91 Å². The third-order valence-electron chi connectivity index (χ3n) is 4.85. The minimum absolute atomic E-state index is 0.0964. The monoisotopic (exact) mass is 453 g/mol. The summed E-state index contributed by atoms with van der Waals surface area (Å²) < 4.78 is 45.4. The van der Waals surface area contributed by atoms with Gasteiger partial charge < -0.3 is 14.5 Å². The second-order valence-corrected chi connectivity index (χ2v) is 9.32. The largest absolute Gasteiger partial charge is 0.486 e. The maximum atomic E-state index is 14.2. The zero-order chi connectivity index (χ0) is 22.9. The van der Waals surface area contributed by atoms with Crippen LogP contribution in [0.5, 0.6) is 5.75 Å². The normalized spacial score (nSPS) is 11.5. The van der Waals surface area contributed by atoms with Gasteiger partial charge in [-0.25, -0.2) is 17.8 Å². The molecule has 0 unspecified atom stereocenters. The van der Waals surface area contributed by atoms with Gasteiger partial charge in [-0.2, -0.15) is 0 Å². The molecule has 0 radical (unpaired) electrons. The van der Waals surface area contributed by atoms with Crippen LogP contribution in [0.4, 0.5) is 10.1 Å². The van der Waals surface area contributed by atoms with Crippen molar-refractivity contribution in [3.05, 3.63) is 89.6 Å². The molecular weight excluding hydrogens is 433 g/mol. The molecule has 2 aromatic carbocycles. The van der Waals surface area contributed by atoms with Crippen LogP contribution in [0, 0.1) is 12.7 Å². The Labute approximate surface area is 184 Å². The number of pyridine rings is 1. The molecule has 0 aliphatic heterocycles. The Kier molecular flexibility index (Phi) is 5.67. The van der Waals surface area contributed by atoms with Crippen molar-refractivity contribution in [2.24, 2.45) is 0 Å². The number of anilines is 1. The second-order valence-electron chi connectivity index (χ2n) is 7.31. The summed E-state index contributed by atoms with van der Waals surface area (Å²) in [7, 11) is -3.56. The molecule has 4 aromatic rings. The lowest BCUT2D eigenvalue weighted by atomic mass is 10.2. The van der Waals surface area contributed by atoms with Gasteiger partial charge in [-0.1, -0.05) is 18.2 Å². The van der Waals surface area contributed by atoms with E-state index in [0.717, 1.165) is 35.7 Å². The first-order chi connectivity index (χ1) is 15.2. The molecule has 0 bridgehead atoms. The summed E-state index contributed by atoms with van der Waals surface area (Å²) in [5.74, 6) is -1.08. The van der Waals surface area contributed by atoms with Crippen LogP contribution in [0.2, 0.25) is 0 Å². The Morgan fingerprint density at radius 1 is 1.16 bits per heavy atom. The van der Waals surface area contributed by atoms with Crippen LogP contribution >= 0.6 is 0 Å². The van der Waals surface area contributed by atoms with E-state index < -0.39 is 21.6 Å². The molecule has 0 spiro atoms. The van der Waals surface area contributed by atoms with Gasteiger partial charge in [0.15, 0.2) is 9.84 Å². The Hall–Kier alpha value is -3.72. The topological polar surface area (TPSA) is 89.8 Å². The summed E-state index contributed by atoms with van der Waals surface area (Å²) in [6.07, 6.45) is 4.74. The van der Waals surface area contributed by atoms with Crippen molar-refractivity contribution in [3.8, 4) is 5.75 Å². The lowest BCUT2D eigenvalue weighted by Gasteiger charge is -2.12. The number of carbonyl (C=O) groups excluding carboxylic acids is 1. The number of aryl methyl sites for hydroxylation is 1. The molecule has 0 aliphatic rings. The number of halogens is 1. The molecule has 0 saturated heterocycles. The van der Waals surface area contributed by atoms with E-state index in [-0.39, 0.29) is 22.8 Å². The van der Waals surface area contributed by atoms with E-state index in [1.165, 1.54) is 6.07 Å². The first-order valence-corrected chi connectivity index (χ1v) is 11.6. The number of para-hydroxylation sites is 1. The van der Waals surface area contributed by atoms with Crippen molar-refractivity contribution >= 4 is 27.1 Å². The molecule has 0 fully saturated rings. The van der Waals surface area contributed by atoms with Gasteiger partial charge in [0.2, 0.25) is 0 Å². The highest BCUT2D eigenvalue weighted by Gasteiger charge is 2.17. The lowest BCUT2D eigenvalue weighted by Crippen LogP contribution is -2.15. The molecule has 1 N–H and O–H groups in total. The molecule has 9 heteroatoms. The van der Waals surface area contributed by atoms with Crippen molar-refractivity contribution in [2.45, 2.75) is 18.4 Å². The summed E-state index contributed by atoms with van der Waals surface area (Å²) in [5, 5.41) is 2.43. The van der Waals surface area contributed by atoms with Gasteiger partial charge in [0, 0.05) is 18.6 Å². The molecule has 1 amide bonds. The van der Waals surface area contributed by atoms with Gasteiger partial charge in [-0.05, 0) is 48.9 Å². The predicted octanol–water partition coefficient (Wildman–Crippen LogP) is 4.02. The summed E-state index contributed by atoms with van der Waals surface area (Å²) in [6, 6.07) is 13.6. The number of aromatic nitrogens is 2. The summed E-state index contributed by atoms with van der Waals surface area (Å²) in [4.78, 5) is 17.3. The number of nitrogens with zero attached hydrogens (tertiary/aromatic N) is 2. The van der Waals surface area contributed by atoms with Crippen LogP contribution in [0.1, 0.15) is 21.6 Å². The van der Waals surface area contributed by atoms with Crippen molar-refractivity contribution in [2.75, 3.05) is 11.6 Å². The Bertz CT molecular complexity index is 1430. The number of hydrogen-bond acceptors (Lipinski definition) is 5. The first kappa shape index (κ1) is 21.5. The van der Waals surface area contributed by atoms with Crippen LogP contribution in [0.15, 0.2) is 71.9 Å². The summed E-state index contributed by atoms with van der Waals surface area (Å²) in [5.41, 5.74) is 2.47. The van der Waals surface area contributed by atoms with Crippen LogP contribution in [0.3, 0.4) is 0 Å². The number of carbonyl (C=O) groups is 1. The lowest BCUT2D eigenvalue weighted by molar-refractivity contribution is 0.102. The van der Waals surface area contributed by atoms with Crippen LogP contribution in [-0.2, 0) is 16.4 Å². The van der Waals surface area contributed by atoms with E-state index in [2.05, 4.69) is 10.3 Å². The van der Waals surface area contributed by atoms with Crippen LogP contribution < -0.4 is 10.1 Å². The molecule has 32 heavy (non-hydrogen) atoms. The number of ether oxygens (including phenoxy) is 1. The zero-order valence-corrected chi connectivity index (χ0v) is 18.2. The van der Waals surface area contributed by atoms with E-state index in [1.54, 1.807) is 18.2 Å². The number of nitrogens with one attached hydrogen (secondary N) is 1. The molecular formula is C23H20FN3O4S. The predicted molar refractivity (Wildman–Crippen MR) is 118 cm³/mol. The van der Waals surface area contributed by atoms with Gasteiger partial charge in [-0.15, -0.1) is 0 Å². The van der Waals surface area contributed by atoms with Crippen molar-refractivity contribution in [3.63, 3.8) is 0 Å². The van der Waals surface area contributed by atoms with Gasteiger partial charge in [0.1, 0.15) is 23.8 Å². The Morgan fingerprint density at radius 2 is 1.94 bits per heavy atom. The fraction of sp³-hybridized carbons (Fsp3) is 0.130. The van der Waals surface area contributed by atoms with Crippen molar-refractivity contribution in [1.82, 2.24) is 9.38 Å². The Balaban J connectivity index is 1.55. The number of amides is 1. The van der Waals surface area contributed by atoms with E-state index in [9.17, 15) is 17.6 Å². The van der Waals surface area contributed by atoms with Gasteiger partial charge in [-0.3, -0.25) is 4.79 Å². The third kappa shape index (κ3) is 4.47. The highest BCUT2D eigenvalue weighted by molar-refractivity contribution is 7.90.